The summed E-state index contributed by atoms with van der Waals surface area (Å²) in [5.74, 6) is -7.70. The quantitative estimate of drug-likeness (QED) is 0.0366. The number of aliphatic hydroxyl groups is 7. The van der Waals surface area contributed by atoms with Gasteiger partial charge in [-0.15, -0.1) is 0 Å². The molecule has 0 amide bonds. The van der Waals surface area contributed by atoms with Crippen molar-refractivity contribution in [1.82, 2.24) is 19.6 Å². The number of cyclic esters (lactones) is 2. The molecule has 6 saturated heterocycles. The van der Waals surface area contributed by atoms with Gasteiger partial charge in [-0.1, -0.05) is 102 Å². The number of esters is 5. The van der Waals surface area contributed by atoms with Crippen LogP contribution in [0.5, 0.6) is 0 Å². The van der Waals surface area contributed by atoms with Gasteiger partial charge in [-0.2, -0.15) is 0 Å². The highest BCUT2D eigenvalue weighted by Crippen LogP contribution is 2.45. The van der Waals surface area contributed by atoms with Crippen molar-refractivity contribution in [2.75, 3.05) is 82.8 Å². The van der Waals surface area contributed by atoms with E-state index in [9.17, 15) is 59.7 Å². The fourth-order valence-corrected chi connectivity index (χ4v) is 20.2. The molecule has 2 aromatic rings. The van der Waals surface area contributed by atoms with Crippen molar-refractivity contribution in [3.63, 3.8) is 0 Å². The van der Waals surface area contributed by atoms with Crippen molar-refractivity contribution in [2.45, 2.75) is 391 Å². The predicted octanol–water partition coefficient (Wildman–Crippen LogP) is 7.91. The smallest absolute Gasteiger partial charge is 0.332 e. The molecule has 6 aliphatic rings. The van der Waals surface area contributed by atoms with Crippen LogP contribution in [-0.2, 0) is 118 Å². The molecule has 740 valence electrons. The fourth-order valence-electron chi connectivity index (χ4n) is 20.2. The van der Waals surface area contributed by atoms with Gasteiger partial charge in [0.15, 0.2) is 31.3 Å². The van der Waals surface area contributed by atoms with Gasteiger partial charge in [0.05, 0.1) is 102 Å². The van der Waals surface area contributed by atoms with Crippen molar-refractivity contribution in [2.24, 2.45) is 35.5 Å². The fraction of sp³-hybridized carbons (Fsp3) is 0.823. The number of benzene rings is 2. The highest BCUT2D eigenvalue weighted by atomic mass is 16.7. The number of nitrogens with zero attached hydrogens (tertiary/aromatic N) is 4. The summed E-state index contributed by atoms with van der Waals surface area (Å²) >= 11 is 0. The first kappa shape index (κ1) is 111. The molecule has 0 saturated carbocycles. The third-order valence-electron chi connectivity index (χ3n) is 27.8. The minimum atomic E-state index is -1.92. The molecular weight excluding hydrogens is 1670 g/mol. The zero-order valence-electron chi connectivity index (χ0n) is 82.4. The van der Waals surface area contributed by atoms with Crippen LogP contribution in [0, 0.1) is 35.5 Å². The lowest BCUT2D eigenvalue weighted by Gasteiger charge is -2.49. The molecule has 0 spiro atoms. The largest absolute Gasteiger partial charge is 0.459 e. The van der Waals surface area contributed by atoms with Crippen LogP contribution in [0.4, 0.5) is 0 Å². The van der Waals surface area contributed by atoms with Crippen LogP contribution in [0.15, 0.2) is 60.7 Å². The monoisotopic (exact) mass is 1840 g/mol. The van der Waals surface area contributed by atoms with Crippen molar-refractivity contribution in [3.8, 4) is 0 Å². The molecule has 0 bridgehead atoms. The second-order valence-corrected chi connectivity index (χ2v) is 39.8. The standard InChI is InChI=1S/C49H82N2O15.C47H80N2O14/c1-16-37-49(11,57)44(64-38(53)27-59-26-35-20-18-17-19-21-35)32(6)51(14)25-28(2)23-47(9,56)43(66-46-41(62-34(8)52)36(50(12)13)22-29(3)60-46)30(4)40(31(5)45(55)63-37)65-39-24-48(10,58-15)42(54)33(7)61-39;1-15-35-47(10,55)42(61-36(50)26-57-25-33-19-17-16-18-20-33)31(6)49(13)24-27(2)22-45(8,54)41(63-44-38(51)34(48(11)12)21-28(3)58-44)29(4)39(30(5)43(53)60-35)62-37-23-46(9,56-14)40(52)32(7)59-37/h17-21,28-33,36-37,39-44,46,54,56-57H,16,22-27H2,1-15H3;16-20,27-32,34-35,37-42,44,51-52,54-55H,15,21-26H2,1-14H3/t28-,29-,30+,31-,32-,33+,36+,37-,39+,40+,41-,42+,43-,44-,46+,47-,48-,49-;27-,28-,29+,30-,31-,32+,34+,35-,37+,38-,39+,40+,41-,42-,44+,45-,46-,47-/m11/s1. The zero-order chi connectivity index (χ0) is 96.7. The highest BCUT2D eigenvalue weighted by molar-refractivity contribution is 5.74. The average molecular weight is 1840 g/mol. The van der Waals surface area contributed by atoms with E-state index in [0.29, 0.717) is 25.9 Å². The molecule has 2 aromatic carbocycles. The molecule has 6 fully saturated rings. The van der Waals surface area contributed by atoms with Crippen molar-refractivity contribution >= 4 is 29.8 Å². The Bertz CT molecular complexity index is 3760. The van der Waals surface area contributed by atoms with E-state index in [1.54, 1.807) is 76.2 Å². The van der Waals surface area contributed by atoms with E-state index in [1.165, 1.54) is 35.0 Å². The van der Waals surface area contributed by atoms with Crippen LogP contribution in [-0.4, -0.2) is 349 Å². The van der Waals surface area contributed by atoms with Gasteiger partial charge in [0.1, 0.15) is 67.1 Å². The van der Waals surface area contributed by atoms with Gasteiger partial charge in [-0.05, 0) is 201 Å². The maximum absolute atomic E-state index is 14.8. The summed E-state index contributed by atoms with van der Waals surface area (Å²) in [4.78, 5) is 76.8. The highest BCUT2D eigenvalue weighted by Gasteiger charge is 2.58. The Kier molecular flexibility index (Phi) is 41.3. The molecule has 7 N–H and O–H groups in total. The van der Waals surface area contributed by atoms with Gasteiger partial charge in [-0.3, -0.25) is 24.2 Å². The lowest BCUT2D eigenvalue weighted by molar-refractivity contribution is -0.318. The van der Waals surface area contributed by atoms with Gasteiger partial charge in [0.2, 0.25) is 0 Å². The first-order valence-corrected chi connectivity index (χ1v) is 46.3. The molecule has 0 aliphatic carbocycles. The summed E-state index contributed by atoms with van der Waals surface area (Å²) in [6.45, 7) is 36.8. The summed E-state index contributed by atoms with van der Waals surface area (Å²) in [5, 5.41) is 84.5. The topological polar surface area (TPSA) is 397 Å². The predicted molar refractivity (Wildman–Crippen MR) is 478 cm³/mol. The maximum Gasteiger partial charge on any atom is 0.332 e. The van der Waals surface area contributed by atoms with Gasteiger partial charge in [0.25, 0.3) is 0 Å². The Hall–Kier alpha value is -5.13. The van der Waals surface area contributed by atoms with E-state index in [1.807, 2.05) is 171 Å². The Labute approximate surface area is 766 Å². The summed E-state index contributed by atoms with van der Waals surface area (Å²) in [5.41, 5.74) is -7.49. The zero-order valence-corrected chi connectivity index (χ0v) is 82.4. The lowest BCUT2D eigenvalue weighted by Crippen LogP contribution is -2.61. The molecule has 33 heteroatoms. The number of methoxy groups -OCH3 is 2. The number of carbonyl (C=O) groups is 5. The first-order chi connectivity index (χ1) is 60.1. The first-order valence-electron chi connectivity index (χ1n) is 46.3. The molecule has 6 heterocycles. The Morgan fingerprint density at radius 1 is 0.481 bits per heavy atom. The average Bonchev–Trinajstić information content (AvgIpc) is 1.77. The second-order valence-electron chi connectivity index (χ2n) is 39.8. The van der Waals surface area contributed by atoms with Gasteiger partial charge in [0, 0.05) is 77.0 Å². The SMILES string of the molecule is CC[C@H]1OC(=O)[C@H](C)[C@@H](O[C@H]2C[C@@](C)(OC)[C@@H](O)[C@H](C)O2)[C@H](C)[C@@H](O[C@@H]2O[C@H](C)C[C@H](N(C)C)[C@H]2O)[C@](C)(O)C[C@@H](C)CN(C)[C@H](C)[C@@H](OC(=O)COCc2ccccc2)[C@]1(C)O.CC[C@H]1OC(=O)[C@H](C)[C@@H](O[C@H]2C[C@@](C)(OC)[C@@H](O)[C@H](C)O2)[C@H](C)[C@@H](O[C@@H]2O[C@H](C)C[C@H](N(C)C)[C@H]2OC(C)=O)[C@](C)(O)C[C@@H](C)CN(C)[C@H](C)[C@@H](OC(=O)COCc2ccccc2)[C@]1(C)O. The number of carbonyl (C=O) groups excluding carboxylic acids is 5. The van der Waals surface area contributed by atoms with Crippen molar-refractivity contribution < 1.29 is 140 Å². The summed E-state index contributed by atoms with van der Waals surface area (Å²) in [6, 6.07) is 16.9. The van der Waals surface area contributed by atoms with Crippen LogP contribution in [0.2, 0.25) is 0 Å². The van der Waals surface area contributed by atoms with Crippen LogP contribution >= 0.6 is 0 Å². The third-order valence-corrected chi connectivity index (χ3v) is 27.8. The van der Waals surface area contributed by atoms with Crippen LogP contribution < -0.4 is 0 Å². The summed E-state index contributed by atoms with van der Waals surface area (Å²) in [6.07, 6.45) is -17.5. The number of likely N-dealkylation sites (N-methyl/N-ethyl adjacent to an activating group) is 4. The molecule has 36 atom stereocenters. The number of aliphatic hydroxyl groups excluding tert-OH is 3. The van der Waals surface area contributed by atoms with E-state index < -0.39 is 210 Å². The van der Waals surface area contributed by atoms with Gasteiger partial charge in [-0.25, -0.2) is 9.59 Å². The molecule has 129 heavy (non-hydrogen) atoms. The van der Waals surface area contributed by atoms with E-state index >= 15 is 0 Å². The minimum Gasteiger partial charge on any atom is -0.459 e. The lowest BCUT2D eigenvalue weighted by atomic mass is 9.77. The summed E-state index contributed by atoms with van der Waals surface area (Å²) in [7, 11) is 14.2. The molecule has 8 rings (SSSR count). The Morgan fingerprint density at radius 2 is 0.837 bits per heavy atom. The Morgan fingerprint density at radius 3 is 1.19 bits per heavy atom. The van der Waals surface area contributed by atoms with Gasteiger partial charge >= 0.3 is 29.8 Å². The maximum atomic E-state index is 14.8. The van der Waals surface area contributed by atoms with Crippen LogP contribution in [0.25, 0.3) is 0 Å². The summed E-state index contributed by atoms with van der Waals surface area (Å²) < 4.78 is 106. The van der Waals surface area contributed by atoms with Crippen LogP contribution in [0.1, 0.15) is 208 Å². The molecule has 0 radical (unpaired) electrons. The van der Waals surface area contributed by atoms with E-state index in [2.05, 4.69) is 0 Å². The third kappa shape index (κ3) is 29.0. The van der Waals surface area contributed by atoms with E-state index in [4.69, 9.17) is 80.5 Å². The normalized spacial score (nSPS) is 42.1. The molecule has 6 aliphatic heterocycles. The van der Waals surface area contributed by atoms with Crippen molar-refractivity contribution in [1.29, 1.82) is 0 Å². The van der Waals surface area contributed by atoms with Crippen molar-refractivity contribution in [3.05, 3.63) is 71.8 Å². The molecular formula is C96H162N4O29. The molecule has 0 aromatic heterocycles. The van der Waals surface area contributed by atoms with E-state index in [-0.39, 0.29) is 101 Å². The van der Waals surface area contributed by atoms with Crippen LogP contribution in [0.3, 0.4) is 0 Å². The Balaban J connectivity index is 0.000000354. The van der Waals surface area contributed by atoms with Gasteiger partial charge < -0.3 is 126 Å². The molecule has 33 nitrogen and oxygen atoms in total. The number of hydrogen-bond acceptors (Lipinski definition) is 33. The van der Waals surface area contributed by atoms with E-state index in [0.717, 1.165) is 11.1 Å². The number of rotatable bonds is 25. The number of ether oxygens (including phenoxy) is 17. The molecule has 0 unspecified atom stereocenters. The second kappa shape index (κ2) is 48.1. The minimum absolute atomic E-state index is 0.0832. The number of hydrogen-bond donors (Lipinski definition) is 7.